The van der Waals surface area contributed by atoms with Gasteiger partial charge in [-0.2, -0.15) is 13.2 Å². The van der Waals surface area contributed by atoms with Gasteiger partial charge in [-0.1, -0.05) is 13.0 Å². The molecule has 0 radical (unpaired) electrons. The number of aromatic nitrogens is 1. The lowest BCUT2D eigenvalue weighted by Gasteiger charge is -2.30. The Balaban J connectivity index is 1.74. The van der Waals surface area contributed by atoms with Crippen molar-refractivity contribution in [3.05, 3.63) is 53.7 Å². The number of hydrogen-bond donors (Lipinski definition) is 1. The maximum absolute atomic E-state index is 12.8. The van der Waals surface area contributed by atoms with Crippen LogP contribution in [0.1, 0.15) is 35.7 Å². The van der Waals surface area contributed by atoms with Crippen molar-refractivity contribution >= 4 is 17.4 Å². The third kappa shape index (κ3) is 4.33. The number of hydrogen-bond acceptors (Lipinski definition) is 3. The van der Waals surface area contributed by atoms with Crippen LogP contribution in [0.2, 0.25) is 0 Å². The van der Waals surface area contributed by atoms with E-state index in [1.54, 1.807) is 12.1 Å². The normalized spacial score (nSPS) is 15.8. The molecule has 1 aliphatic heterocycles. The van der Waals surface area contributed by atoms with E-state index in [4.69, 9.17) is 0 Å². The van der Waals surface area contributed by atoms with Gasteiger partial charge in [-0.15, -0.1) is 0 Å². The zero-order chi connectivity index (χ0) is 18.7. The molecule has 4 nitrogen and oxygen atoms in total. The third-order valence-corrected chi connectivity index (χ3v) is 4.54. The van der Waals surface area contributed by atoms with E-state index >= 15 is 0 Å². The monoisotopic (exact) mass is 363 g/mol. The average molecular weight is 363 g/mol. The Hall–Kier alpha value is -2.57. The van der Waals surface area contributed by atoms with Gasteiger partial charge >= 0.3 is 6.18 Å². The lowest BCUT2D eigenvalue weighted by atomic mass is 9.99. The Kier molecular flexibility index (Phi) is 5.15. The first-order chi connectivity index (χ1) is 12.3. The number of rotatable bonds is 3. The predicted molar refractivity (Wildman–Crippen MR) is 93.3 cm³/mol. The topological polar surface area (TPSA) is 45.2 Å². The summed E-state index contributed by atoms with van der Waals surface area (Å²) in [6.45, 7) is 3.61. The highest BCUT2D eigenvalue weighted by Gasteiger charge is 2.30. The Bertz CT molecular complexity index is 784. The number of halogens is 3. The minimum absolute atomic E-state index is 0.0774. The molecule has 1 N–H and O–H groups in total. The fourth-order valence-electron chi connectivity index (χ4n) is 2.95. The standard InChI is InChI=1S/C19H20F3N3O/c1-13-6-9-25(10-7-13)18(26)14-5-8-23-17(11-14)24-16-4-2-3-15(12-16)19(20,21)22/h2-5,8,11-13H,6-7,9-10H2,1H3,(H,23,24). The summed E-state index contributed by atoms with van der Waals surface area (Å²) in [5, 5.41) is 2.84. The Morgan fingerprint density at radius 2 is 1.92 bits per heavy atom. The second kappa shape index (κ2) is 7.35. The largest absolute Gasteiger partial charge is 0.416 e. The second-order valence-corrected chi connectivity index (χ2v) is 6.61. The maximum Gasteiger partial charge on any atom is 0.416 e. The van der Waals surface area contributed by atoms with Crippen molar-refractivity contribution in [2.45, 2.75) is 25.9 Å². The summed E-state index contributed by atoms with van der Waals surface area (Å²) in [6, 6.07) is 8.07. The molecule has 1 amide bonds. The van der Waals surface area contributed by atoms with E-state index in [1.807, 2.05) is 4.90 Å². The van der Waals surface area contributed by atoms with Crippen LogP contribution in [0, 0.1) is 5.92 Å². The average Bonchev–Trinajstić information content (AvgIpc) is 2.61. The molecule has 1 saturated heterocycles. The lowest BCUT2D eigenvalue weighted by Crippen LogP contribution is -2.37. The number of anilines is 2. The number of benzene rings is 1. The molecule has 1 aromatic heterocycles. The van der Waals surface area contributed by atoms with Crippen molar-refractivity contribution in [3.63, 3.8) is 0 Å². The van der Waals surface area contributed by atoms with Gasteiger partial charge in [0.2, 0.25) is 0 Å². The number of amides is 1. The molecule has 2 aromatic rings. The summed E-state index contributed by atoms with van der Waals surface area (Å²) < 4.78 is 38.4. The van der Waals surface area contributed by atoms with Crippen molar-refractivity contribution in [1.82, 2.24) is 9.88 Å². The van der Waals surface area contributed by atoms with E-state index < -0.39 is 11.7 Å². The predicted octanol–water partition coefficient (Wildman–Crippen LogP) is 4.72. The van der Waals surface area contributed by atoms with Crippen LogP contribution in [0.25, 0.3) is 0 Å². The van der Waals surface area contributed by atoms with Gasteiger partial charge in [-0.05, 0) is 49.1 Å². The van der Waals surface area contributed by atoms with Gasteiger partial charge in [0, 0.05) is 30.5 Å². The molecule has 1 fully saturated rings. The van der Waals surface area contributed by atoms with Gasteiger partial charge in [0.15, 0.2) is 0 Å². The molecule has 2 heterocycles. The van der Waals surface area contributed by atoms with Crippen LogP contribution in [0.3, 0.4) is 0 Å². The molecule has 26 heavy (non-hydrogen) atoms. The van der Waals surface area contributed by atoms with E-state index in [9.17, 15) is 18.0 Å². The molecule has 0 aliphatic carbocycles. The van der Waals surface area contributed by atoms with E-state index in [0.717, 1.165) is 38.1 Å². The van der Waals surface area contributed by atoms with Crippen LogP contribution < -0.4 is 5.32 Å². The molecule has 1 aliphatic rings. The van der Waals surface area contributed by atoms with Crippen molar-refractivity contribution in [2.24, 2.45) is 5.92 Å². The fourth-order valence-corrected chi connectivity index (χ4v) is 2.95. The fraction of sp³-hybridized carbons (Fsp3) is 0.368. The SMILES string of the molecule is CC1CCN(C(=O)c2ccnc(Nc3cccc(C(F)(F)F)c3)c2)CC1. The molecule has 3 rings (SSSR count). The summed E-state index contributed by atoms with van der Waals surface area (Å²) in [6.07, 6.45) is -0.970. The number of likely N-dealkylation sites (tertiary alicyclic amines) is 1. The molecular weight excluding hydrogens is 343 g/mol. The van der Waals surface area contributed by atoms with Crippen LogP contribution in [-0.2, 0) is 6.18 Å². The summed E-state index contributed by atoms with van der Waals surface area (Å²) in [4.78, 5) is 18.5. The zero-order valence-corrected chi connectivity index (χ0v) is 14.4. The zero-order valence-electron chi connectivity index (χ0n) is 14.4. The van der Waals surface area contributed by atoms with Crippen molar-refractivity contribution in [1.29, 1.82) is 0 Å². The summed E-state index contributed by atoms with van der Waals surface area (Å²) >= 11 is 0. The van der Waals surface area contributed by atoms with Gasteiger partial charge in [0.1, 0.15) is 5.82 Å². The van der Waals surface area contributed by atoms with E-state index in [2.05, 4.69) is 17.2 Å². The van der Waals surface area contributed by atoms with E-state index in [0.29, 0.717) is 17.3 Å². The quantitative estimate of drug-likeness (QED) is 0.859. The van der Waals surface area contributed by atoms with Crippen molar-refractivity contribution in [3.8, 4) is 0 Å². The molecule has 0 spiro atoms. The minimum atomic E-state index is -4.41. The van der Waals surface area contributed by atoms with Gasteiger partial charge in [-0.25, -0.2) is 4.98 Å². The van der Waals surface area contributed by atoms with Crippen LogP contribution in [0.4, 0.5) is 24.7 Å². The summed E-state index contributed by atoms with van der Waals surface area (Å²) in [7, 11) is 0. The number of alkyl halides is 3. The first kappa shape index (κ1) is 18.2. The van der Waals surface area contributed by atoms with Gasteiger partial charge in [-0.3, -0.25) is 4.79 Å². The number of pyridine rings is 1. The lowest BCUT2D eigenvalue weighted by molar-refractivity contribution is -0.137. The van der Waals surface area contributed by atoms with Crippen molar-refractivity contribution < 1.29 is 18.0 Å². The Morgan fingerprint density at radius 1 is 1.19 bits per heavy atom. The third-order valence-electron chi connectivity index (χ3n) is 4.54. The van der Waals surface area contributed by atoms with Crippen LogP contribution in [0.5, 0.6) is 0 Å². The number of carbonyl (C=O) groups is 1. The number of nitrogens with zero attached hydrogens (tertiary/aromatic N) is 2. The van der Waals surface area contributed by atoms with Gasteiger partial charge in [0.25, 0.3) is 5.91 Å². The Labute approximate surface area is 150 Å². The van der Waals surface area contributed by atoms with E-state index in [1.165, 1.54) is 18.3 Å². The molecule has 1 aromatic carbocycles. The molecule has 0 bridgehead atoms. The van der Waals surface area contributed by atoms with Gasteiger partial charge < -0.3 is 10.2 Å². The molecule has 0 unspecified atom stereocenters. The first-order valence-electron chi connectivity index (χ1n) is 8.52. The second-order valence-electron chi connectivity index (χ2n) is 6.61. The van der Waals surface area contributed by atoms with Gasteiger partial charge in [0.05, 0.1) is 5.56 Å². The highest BCUT2D eigenvalue weighted by atomic mass is 19.4. The summed E-state index contributed by atoms with van der Waals surface area (Å²) in [5.41, 5.74) is 0.00455. The van der Waals surface area contributed by atoms with Crippen LogP contribution in [-0.4, -0.2) is 28.9 Å². The minimum Gasteiger partial charge on any atom is -0.340 e. The first-order valence-corrected chi connectivity index (χ1v) is 8.52. The maximum atomic E-state index is 12.8. The molecule has 0 atom stereocenters. The Morgan fingerprint density at radius 3 is 2.62 bits per heavy atom. The van der Waals surface area contributed by atoms with Crippen molar-refractivity contribution in [2.75, 3.05) is 18.4 Å². The molecular formula is C19H20F3N3O. The van der Waals surface area contributed by atoms with Crippen LogP contribution in [0.15, 0.2) is 42.6 Å². The highest BCUT2D eigenvalue weighted by molar-refractivity contribution is 5.95. The van der Waals surface area contributed by atoms with Crippen LogP contribution >= 0.6 is 0 Å². The molecule has 138 valence electrons. The number of nitrogens with one attached hydrogen (secondary N) is 1. The highest BCUT2D eigenvalue weighted by Crippen LogP contribution is 2.31. The number of piperidine rings is 1. The number of carbonyl (C=O) groups excluding carboxylic acids is 1. The molecule has 7 heteroatoms. The molecule has 0 saturated carbocycles. The van der Waals surface area contributed by atoms with E-state index in [-0.39, 0.29) is 11.6 Å². The summed E-state index contributed by atoms with van der Waals surface area (Å²) in [5.74, 6) is 0.876. The smallest absolute Gasteiger partial charge is 0.340 e.